The minimum Gasteiger partial charge on any atom is -0.269 e. The summed E-state index contributed by atoms with van der Waals surface area (Å²) >= 11 is 10.9. The van der Waals surface area contributed by atoms with Gasteiger partial charge < -0.3 is 0 Å². The molecular weight excluding hydrogens is 241 g/mol. The molecule has 1 rings (SSSR count). The molecule has 0 spiro atoms. The molecule has 9 heteroatoms. The summed E-state index contributed by atoms with van der Waals surface area (Å²) in [6.07, 6.45) is 0. The Morgan fingerprint density at radius 3 is 2.15 bits per heavy atom. The first-order chi connectivity index (χ1) is 5.87. The van der Waals surface area contributed by atoms with Crippen molar-refractivity contribution in [3.8, 4) is 0 Å². The molecule has 1 aromatic rings. The fourth-order valence-electron chi connectivity index (χ4n) is 0.551. The molecule has 6 nitrogen and oxygen atoms in total. The van der Waals surface area contributed by atoms with E-state index in [1.807, 2.05) is 0 Å². The standard InChI is InChI=1S/C4H3Cl2N3O3S/c5-2-1-3(6)8-4(7-2)9-13(10,11)12/h1H,(H,7,8,9)(H,10,11,12). The molecular formula is C4H3Cl2N3O3S. The van der Waals surface area contributed by atoms with Crippen LogP contribution < -0.4 is 4.72 Å². The van der Waals surface area contributed by atoms with Crippen LogP contribution in [0.2, 0.25) is 10.3 Å². The number of aromatic nitrogens is 2. The van der Waals surface area contributed by atoms with Gasteiger partial charge in [0.2, 0.25) is 5.95 Å². The molecule has 0 aliphatic rings. The second-order valence-corrected chi connectivity index (χ2v) is 3.84. The minimum absolute atomic E-state index is 0.0360. The predicted octanol–water partition coefficient (Wildman–Crippen LogP) is 0.998. The average molecular weight is 244 g/mol. The Kier molecular flexibility index (Phi) is 2.91. The molecule has 0 radical (unpaired) electrons. The van der Waals surface area contributed by atoms with Crippen molar-refractivity contribution in [3.05, 3.63) is 16.4 Å². The maximum Gasteiger partial charge on any atom is 0.359 e. The van der Waals surface area contributed by atoms with Crippen molar-refractivity contribution in [2.24, 2.45) is 0 Å². The highest BCUT2D eigenvalue weighted by atomic mass is 35.5. The number of nitrogens with zero attached hydrogens (tertiary/aromatic N) is 2. The number of halogens is 2. The van der Waals surface area contributed by atoms with Gasteiger partial charge >= 0.3 is 10.3 Å². The van der Waals surface area contributed by atoms with E-state index in [2.05, 4.69) is 9.97 Å². The van der Waals surface area contributed by atoms with E-state index in [0.29, 0.717) is 0 Å². The van der Waals surface area contributed by atoms with Gasteiger partial charge in [0.05, 0.1) is 0 Å². The van der Waals surface area contributed by atoms with Gasteiger partial charge in [0.1, 0.15) is 10.3 Å². The lowest BCUT2D eigenvalue weighted by atomic mass is 10.7. The van der Waals surface area contributed by atoms with Crippen molar-refractivity contribution in [1.29, 1.82) is 0 Å². The summed E-state index contributed by atoms with van der Waals surface area (Å²) in [4.78, 5) is 6.88. The second kappa shape index (κ2) is 3.62. The van der Waals surface area contributed by atoms with E-state index in [4.69, 9.17) is 27.8 Å². The molecule has 1 aromatic heterocycles. The molecule has 0 saturated carbocycles. The number of anilines is 1. The van der Waals surface area contributed by atoms with Gasteiger partial charge in [-0.05, 0) is 0 Å². The lowest BCUT2D eigenvalue weighted by Crippen LogP contribution is -2.12. The Balaban J connectivity index is 3.03. The van der Waals surface area contributed by atoms with Gasteiger partial charge in [-0.15, -0.1) is 0 Å². The Bertz CT molecular complexity index is 400. The fourth-order valence-corrected chi connectivity index (χ4v) is 1.30. The summed E-state index contributed by atoms with van der Waals surface area (Å²) in [6, 6.07) is 1.22. The van der Waals surface area contributed by atoms with E-state index in [1.165, 1.54) is 6.07 Å². The first-order valence-electron chi connectivity index (χ1n) is 2.82. The van der Waals surface area contributed by atoms with Gasteiger partial charge in [0, 0.05) is 6.07 Å². The first kappa shape index (κ1) is 10.5. The van der Waals surface area contributed by atoms with Crippen LogP contribution in [-0.2, 0) is 10.3 Å². The third kappa shape index (κ3) is 3.73. The monoisotopic (exact) mass is 243 g/mol. The van der Waals surface area contributed by atoms with Crippen LogP contribution in [0.25, 0.3) is 0 Å². The Labute approximate surface area is 83.8 Å². The average Bonchev–Trinajstić information content (AvgIpc) is 1.78. The van der Waals surface area contributed by atoms with E-state index in [0.717, 1.165) is 0 Å². The fraction of sp³-hybridized carbons (Fsp3) is 0. The van der Waals surface area contributed by atoms with E-state index in [1.54, 1.807) is 4.72 Å². The van der Waals surface area contributed by atoms with E-state index in [9.17, 15) is 8.42 Å². The maximum absolute atomic E-state index is 10.3. The van der Waals surface area contributed by atoms with Crippen molar-refractivity contribution < 1.29 is 13.0 Å². The van der Waals surface area contributed by atoms with Crippen molar-refractivity contribution in [3.63, 3.8) is 0 Å². The minimum atomic E-state index is -4.40. The highest BCUT2D eigenvalue weighted by molar-refractivity contribution is 7.87. The van der Waals surface area contributed by atoms with Crippen molar-refractivity contribution in [2.45, 2.75) is 0 Å². The number of nitrogens with one attached hydrogen (secondary N) is 1. The third-order valence-electron chi connectivity index (χ3n) is 0.884. The molecule has 0 bridgehead atoms. The molecule has 0 unspecified atom stereocenters. The summed E-state index contributed by atoms with van der Waals surface area (Å²) in [5.74, 6) is -0.389. The molecule has 0 aromatic carbocycles. The maximum atomic E-state index is 10.3. The van der Waals surface area contributed by atoms with E-state index >= 15 is 0 Å². The molecule has 0 atom stereocenters. The van der Waals surface area contributed by atoms with Crippen LogP contribution in [0.4, 0.5) is 5.95 Å². The van der Waals surface area contributed by atoms with Gasteiger partial charge in [-0.25, -0.2) is 14.7 Å². The summed E-state index contributed by atoms with van der Waals surface area (Å²) < 4.78 is 30.6. The summed E-state index contributed by atoms with van der Waals surface area (Å²) in [5.41, 5.74) is 0. The van der Waals surface area contributed by atoms with Crippen LogP contribution in [-0.4, -0.2) is 22.9 Å². The van der Waals surface area contributed by atoms with Crippen LogP contribution in [0.3, 0.4) is 0 Å². The molecule has 0 saturated heterocycles. The van der Waals surface area contributed by atoms with Crippen LogP contribution in [0.1, 0.15) is 0 Å². The summed E-state index contributed by atoms with van der Waals surface area (Å²) in [6.45, 7) is 0. The van der Waals surface area contributed by atoms with E-state index in [-0.39, 0.29) is 16.3 Å². The van der Waals surface area contributed by atoms with Gasteiger partial charge in [0.25, 0.3) is 0 Å². The molecule has 72 valence electrons. The topological polar surface area (TPSA) is 92.2 Å². The summed E-state index contributed by atoms with van der Waals surface area (Å²) in [7, 11) is -4.40. The van der Waals surface area contributed by atoms with E-state index < -0.39 is 10.3 Å². The lowest BCUT2D eigenvalue weighted by molar-refractivity contribution is 0.489. The predicted molar refractivity (Wildman–Crippen MR) is 47.2 cm³/mol. The second-order valence-electron chi connectivity index (χ2n) is 1.91. The van der Waals surface area contributed by atoms with Crippen LogP contribution in [0, 0.1) is 0 Å². The highest BCUT2D eigenvalue weighted by Gasteiger charge is 2.08. The van der Waals surface area contributed by atoms with Crippen LogP contribution in [0.5, 0.6) is 0 Å². The highest BCUT2D eigenvalue weighted by Crippen LogP contribution is 2.14. The lowest BCUT2D eigenvalue weighted by Gasteiger charge is -2.00. The molecule has 0 aliphatic carbocycles. The van der Waals surface area contributed by atoms with Gasteiger partial charge in [-0.1, -0.05) is 23.2 Å². The Morgan fingerprint density at radius 1 is 1.31 bits per heavy atom. The van der Waals surface area contributed by atoms with Gasteiger partial charge in [-0.2, -0.15) is 8.42 Å². The SMILES string of the molecule is O=S(=O)(O)Nc1nc(Cl)cc(Cl)n1. The Hall–Kier alpha value is -0.630. The Morgan fingerprint density at radius 2 is 1.77 bits per heavy atom. The molecule has 2 N–H and O–H groups in total. The van der Waals surface area contributed by atoms with Gasteiger partial charge in [0.15, 0.2) is 0 Å². The van der Waals surface area contributed by atoms with Gasteiger partial charge in [-0.3, -0.25) is 4.55 Å². The molecule has 1 heterocycles. The number of hydrogen-bond donors (Lipinski definition) is 2. The first-order valence-corrected chi connectivity index (χ1v) is 5.02. The zero-order valence-electron chi connectivity index (χ0n) is 5.90. The number of rotatable bonds is 2. The largest absolute Gasteiger partial charge is 0.359 e. The quantitative estimate of drug-likeness (QED) is 0.598. The molecule has 0 aliphatic heterocycles. The zero-order valence-corrected chi connectivity index (χ0v) is 8.23. The summed E-state index contributed by atoms with van der Waals surface area (Å²) in [5, 5.41) is -0.0719. The van der Waals surface area contributed by atoms with Crippen molar-refractivity contribution in [2.75, 3.05) is 4.72 Å². The van der Waals surface area contributed by atoms with Crippen LogP contribution >= 0.6 is 23.2 Å². The van der Waals surface area contributed by atoms with Crippen molar-refractivity contribution >= 4 is 39.5 Å². The molecule has 13 heavy (non-hydrogen) atoms. The third-order valence-corrected chi connectivity index (χ3v) is 1.71. The molecule has 0 amide bonds. The smallest absolute Gasteiger partial charge is 0.269 e. The van der Waals surface area contributed by atoms with Crippen molar-refractivity contribution in [1.82, 2.24) is 9.97 Å². The van der Waals surface area contributed by atoms with Crippen LogP contribution in [0.15, 0.2) is 6.07 Å². The zero-order chi connectivity index (χ0) is 10.1. The normalized spacial score (nSPS) is 11.3. The molecule has 0 fully saturated rings. The number of hydrogen-bond acceptors (Lipinski definition) is 4.